The number of nitrogens with zero attached hydrogens (tertiary/aromatic N) is 1. The second kappa shape index (κ2) is 6.82. The van der Waals surface area contributed by atoms with Gasteiger partial charge in [-0.15, -0.1) is 0 Å². The molecule has 20 heavy (non-hydrogen) atoms. The zero-order valence-electron chi connectivity index (χ0n) is 10.1. The molecular formula is C9H12N3O6PS. The summed E-state index contributed by atoms with van der Waals surface area (Å²) in [5.74, 6) is -0.477. The van der Waals surface area contributed by atoms with Crippen LogP contribution in [0.3, 0.4) is 0 Å². The number of hydrogen-bond acceptors (Lipinski definition) is 7. The first-order chi connectivity index (χ1) is 9.23. The molecular weight excluding hydrogens is 309 g/mol. The van der Waals surface area contributed by atoms with E-state index in [0.29, 0.717) is 6.29 Å². The summed E-state index contributed by atoms with van der Waals surface area (Å²) >= 11 is 0.753. The number of carbonyl (C=O) groups excluding carboxylic acids is 2. The maximum Gasteiger partial charge on any atom is 0.336 e. The summed E-state index contributed by atoms with van der Waals surface area (Å²) in [7, 11) is -3.88. The van der Waals surface area contributed by atoms with Crippen LogP contribution in [0.5, 0.6) is 0 Å². The SMILES string of the molecule is NP(N)(=O)OC(CC(=O)CC=O)c1ccc([N+](=O)[O-])s1. The van der Waals surface area contributed by atoms with E-state index in [1.54, 1.807) is 0 Å². The lowest BCUT2D eigenvalue weighted by Crippen LogP contribution is -2.15. The largest absolute Gasteiger partial charge is 0.336 e. The molecule has 1 aromatic rings. The van der Waals surface area contributed by atoms with Gasteiger partial charge in [0.15, 0.2) is 0 Å². The lowest BCUT2D eigenvalue weighted by molar-refractivity contribution is -0.380. The normalized spacial score (nSPS) is 12.9. The van der Waals surface area contributed by atoms with E-state index in [9.17, 15) is 24.3 Å². The molecule has 110 valence electrons. The predicted octanol–water partition coefficient (Wildman–Crippen LogP) is 1.29. The fourth-order valence-electron chi connectivity index (χ4n) is 1.39. The molecule has 0 aromatic carbocycles. The summed E-state index contributed by atoms with van der Waals surface area (Å²) in [6, 6.07) is 2.58. The molecule has 0 saturated heterocycles. The minimum atomic E-state index is -3.88. The molecule has 0 radical (unpaired) electrons. The number of hydrogen-bond donors (Lipinski definition) is 2. The third kappa shape index (κ3) is 5.27. The van der Waals surface area contributed by atoms with Gasteiger partial charge in [-0.2, -0.15) is 0 Å². The van der Waals surface area contributed by atoms with Crippen molar-refractivity contribution < 1.29 is 23.6 Å². The van der Waals surface area contributed by atoms with Crippen LogP contribution in [0, 0.1) is 10.1 Å². The Morgan fingerprint density at radius 2 is 2.20 bits per heavy atom. The number of nitro groups is 1. The fraction of sp³-hybridized carbons (Fsp3) is 0.333. The first kappa shape index (κ1) is 16.6. The van der Waals surface area contributed by atoms with Crippen molar-refractivity contribution in [3.05, 3.63) is 27.1 Å². The average molecular weight is 321 g/mol. The smallest absolute Gasteiger partial charge is 0.303 e. The summed E-state index contributed by atoms with van der Waals surface area (Å²) in [4.78, 5) is 32.0. The zero-order valence-corrected chi connectivity index (χ0v) is 11.8. The molecule has 0 aliphatic carbocycles. The Morgan fingerprint density at radius 3 is 2.65 bits per heavy atom. The maximum absolute atomic E-state index is 11.4. The molecule has 0 aliphatic heterocycles. The highest BCUT2D eigenvalue weighted by Crippen LogP contribution is 2.41. The summed E-state index contributed by atoms with van der Waals surface area (Å²) in [5.41, 5.74) is 10.2. The molecule has 1 heterocycles. The Balaban J connectivity index is 2.96. The van der Waals surface area contributed by atoms with Crippen molar-refractivity contribution >= 4 is 36.1 Å². The van der Waals surface area contributed by atoms with E-state index in [4.69, 9.17) is 15.5 Å². The number of rotatable bonds is 8. The van der Waals surface area contributed by atoms with Crippen molar-refractivity contribution in [1.29, 1.82) is 0 Å². The van der Waals surface area contributed by atoms with Crippen LogP contribution in [0.25, 0.3) is 0 Å². The lowest BCUT2D eigenvalue weighted by Gasteiger charge is -2.17. The number of Topliss-reactive ketones (excluding diaryl/α,β-unsaturated/α-hetero) is 1. The first-order valence-electron chi connectivity index (χ1n) is 5.28. The Kier molecular flexibility index (Phi) is 5.66. The molecule has 0 bridgehead atoms. The molecule has 1 aromatic heterocycles. The van der Waals surface area contributed by atoms with Crippen molar-refractivity contribution in [2.75, 3.05) is 0 Å². The standard InChI is InChI=1S/C9H12N3O6PS/c10-19(11,17)18-7(5-6(14)3-4-13)8-1-2-9(20-8)12(15)16/h1-2,4,7H,3,5H2,(H4,10,11,17). The summed E-state index contributed by atoms with van der Waals surface area (Å²) < 4.78 is 16.2. The van der Waals surface area contributed by atoms with Gasteiger partial charge in [0.2, 0.25) is 0 Å². The van der Waals surface area contributed by atoms with E-state index < -0.39 is 24.5 Å². The highest BCUT2D eigenvalue weighted by Gasteiger charge is 2.26. The summed E-state index contributed by atoms with van der Waals surface area (Å²) in [6.45, 7) is 0. The average Bonchev–Trinajstić information content (AvgIpc) is 2.75. The van der Waals surface area contributed by atoms with Crippen molar-refractivity contribution in [3.63, 3.8) is 0 Å². The number of aldehydes is 1. The van der Waals surface area contributed by atoms with Crippen LogP contribution in [-0.2, 0) is 18.7 Å². The Hall–Kier alpha value is -1.45. The van der Waals surface area contributed by atoms with Gasteiger partial charge in [0.25, 0.3) is 0 Å². The highest BCUT2D eigenvalue weighted by atomic mass is 32.1. The lowest BCUT2D eigenvalue weighted by atomic mass is 10.1. The molecule has 0 amide bonds. The third-order valence-corrected chi connectivity index (χ3v) is 3.84. The number of carbonyl (C=O) groups is 2. The van der Waals surface area contributed by atoms with Crippen molar-refractivity contribution in [2.45, 2.75) is 18.9 Å². The van der Waals surface area contributed by atoms with Gasteiger partial charge in [-0.25, -0.2) is 11.0 Å². The van der Waals surface area contributed by atoms with E-state index in [-0.39, 0.29) is 22.7 Å². The molecule has 0 aliphatic rings. The zero-order chi connectivity index (χ0) is 15.3. The quantitative estimate of drug-likeness (QED) is 0.238. The predicted molar refractivity (Wildman–Crippen MR) is 71.1 cm³/mol. The molecule has 1 unspecified atom stereocenters. The highest BCUT2D eigenvalue weighted by molar-refractivity contribution is 7.53. The minimum Gasteiger partial charge on any atom is -0.303 e. The van der Waals surface area contributed by atoms with E-state index in [2.05, 4.69) is 0 Å². The van der Waals surface area contributed by atoms with E-state index in [1.807, 2.05) is 0 Å². The Morgan fingerprint density at radius 1 is 1.55 bits per heavy atom. The topological polar surface area (TPSA) is 156 Å². The van der Waals surface area contributed by atoms with Crippen molar-refractivity contribution in [3.8, 4) is 0 Å². The summed E-state index contributed by atoms with van der Waals surface area (Å²) in [6.07, 6.45) is -1.30. The second-order valence-corrected chi connectivity index (χ2v) is 6.38. The molecule has 1 rings (SSSR count). The van der Waals surface area contributed by atoms with Gasteiger partial charge < -0.3 is 4.79 Å². The van der Waals surface area contributed by atoms with Crippen LogP contribution < -0.4 is 11.0 Å². The molecule has 0 fully saturated rings. The van der Waals surface area contributed by atoms with Crippen molar-refractivity contribution in [1.82, 2.24) is 0 Å². The third-order valence-electron chi connectivity index (χ3n) is 2.13. The van der Waals surface area contributed by atoms with Gasteiger partial charge in [0.1, 0.15) is 18.2 Å². The second-order valence-electron chi connectivity index (χ2n) is 3.79. The van der Waals surface area contributed by atoms with Gasteiger partial charge >= 0.3 is 12.7 Å². The first-order valence-corrected chi connectivity index (χ1v) is 7.86. The molecule has 11 heteroatoms. The van der Waals surface area contributed by atoms with Crippen LogP contribution in [0.1, 0.15) is 23.8 Å². The molecule has 0 saturated carbocycles. The number of ketones is 1. The maximum atomic E-state index is 11.4. The monoisotopic (exact) mass is 321 g/mol. The van der Waals surface area contributed by atoms with Crippen LogP contribution in [-0.4, -0.2) is 17.0 Å². The van der Waals surface area contributed by atoms with Gasteiger partial charge in [-0.1, -0.05) is 11.3 Å². The van der Waals surface area contributed by atoms with E-state index in [1.165, 1.54) is 12.1 Å². The Labute approximate surface area is 117 Å². The van der Waals surface area contributed by atoms with Crippen LogP contribution in [0.2, 0.25) is 0 Å². The number of nitrogens with two attached hydrogens (primary N) is 2. The van der Waals surface area contributed by atoms with Gasteiger partial charge in [0.05, 0.1) is 11.3 Å². The molecule has 1 atom stereocenters. The van der Waals surface area contributed by atoms with Crippen molar-refractivity contribution in [2.24, 2.45) is 11.0 Å². The van der Waals surface area contributed by atoms with Gasteiger partial charge in [-0.05, 0) is 6.07 Å². The fourth-order valence-corrected chi connectivity index (χ4v) is 2.89. The minimum absolute atomic E-state index is 0.166. The van der Waals surface area contributed by atoms with E-state index in [0.717, 1.165) is 11.3 Å². The van der Waals surface area contributed by atoms with Gasteiger partial charge in [-0.3, -0.25) is 24.0 Å². The number of thiophene rings is 1. The van der Waals surface area contributed by atoms with Crippen LogP contribution >= 0.6 is 19.0 Å². The molecule has 4 N–H and O–H groups in total. The summed E-state index contributed by atoms with van der Waals surface area (Å²) in [5, 5.41) is 10.4. The Bertz CT molecular complexity index is 568. The molecule has 9 nitrogen and oxygen atoms in total. The van der Waals surface area contributed by atoms with Crippen LogP contribution in [0.4, 0.5) is 5.00 Å². The van der Waals surface area contributed by atoms with Crippen LogP contribution in [0.15, 0.2) is 12.1 Å². The van der Waals surface area contributed by atoms with E-state index >= 15 is 0 Å². The molecule has 0 spiro atoms. The van der Waals surface area contributed by atoms with Gasteiger partial charge in [0, 0.05) is 17.4 Å².